The lowest BCUT2D eigenvalue weighted by Crippen LogP contribution is -2.37. The molecule has 1 aromatic rings. The number of carboxylic acids is 1. The predicted molar refractivity (Wildman–Crippen MR) is 68.6 cm³/mol. The Hall–Kier alpha value is -2.16. The maximum absolute atomic E-state index is 11.2. The monoisotopic (exact) mass is 284 g/mol. The van der Waals surface area contributed by atoms with Crippen LogP contribution in [0.1, 0.15) is 19.0 Å². The number of anilines is 1. The second-order valence-corrected chi connectivity index (χ2v) is 4.75. The Kier molecular flexibility index (Phi) is 3.62. The number of aromatic nitrogens is 2. The van der Waals surface area contributed by atoms with Crippen molar-refractivity contribution >= 4 is 17.5 Å². The van der Waals surface area contributed by atoms with E-state index in [2.05, 4.69) is 5.10 Å². The van der Waals surface area contributed by atoms with Gasteiger partial charge in [-0.2, -0.15) is 5.10 Å². The molecule has 2 rings (SSSR count). The molecule has 20 heavy (non-hydrogen) atoms. The minimum Gasteiger partial charge on any atom is -0.480 e. The molecule has 0 saturated carbocycles. The quantitative estimate of drug-likeness (QED) is 0.585. The lowest BCUT2D eigenvalue weighted by Gasteiger charge is -2.22. The van der Waals surface area contributed by atoms with Gasteiger partial charge in [-0.25, -0.2) is 9.48 Å². The van der Waals surface area contributed by atoms with E-state index in [1.54, 1.807) is 6.92 Å². The number of hydrogen-bond donors (Lipinski definition) is 2. The lowest BCUT2D eigenvalue weighted by atomic mass is 10.2. The molecule has 2 unspecified atom stereocenters. The molecule has 9 nitrogen and oxygen atoms in total. The van der Waals surface area contributed by atoms with Gasteiger partial charge in [0, 0.05) is 20.0 Å². The van der Waals surface area contributed by atoms with Crippen molar-refractivity contribution in [2.75, 3.05) is 11.4 Å². The van der Waals surface area contributed by atoms with E-state index in [1.807, 2.05) is 0 Å². The molecule has 0 spiro atoms. The van der Waals surface area contributed by atoms with Gasteiger partial charge in [-0.15, -0.1) is 0 Å². The van der Waals surface area contributed by atoms with E-state index in [-0.39, 0.29) is 24.5 Å². The van der Waals surface area contributed by atoms with E-state index in [9.17, 15) is 25.1 Å². The summed E-state index contributed by atoms with van der Waals surface area (Å²) in [6.45, 7) is 1.78. The SMILES string of the molecule is CCc1nn(C)c(N2CC(O)CC2C(=O)O)c1[N+](=O)[O-]. The molecule has 0 amide bonds. The Morgan fingerprint density at radius 3 is 2.75 bits per heavy atom. The molecule has 1 aliphatic heterocycles. The van der Waals surface area contributed by atoms with Crippen LogP contribution in [0, 0.1) is 10.1 Å². The molecule has 0 radical (unpaired) electrons. The van der Waals surface area contributed by atoms with Gasteiger partial charge in [0.25, 0.3) is 0 Å². The van der Waals surface area contributed by atoms with Gasteiger partial charge < -0.3 is 15.1 Å². The molecule has 1 aromatic heterocycles. The summed E-state index contributed by atoms with van der Waals surface area (Å²) in [5.74, 6) is -0.981. The smallest absolute Gasteiger partial charge is 0.334 e. The third-order valence-corrected chi connectivity index (χ3v) is 3.42. The van der Waals surface area contributed by atoms with Crippen LogP contribution in [0.2, 0.25) is 0 Å². The van der Waals surface area contributed by atoms with Gasteiger partial charge in [0.2, 0.25) is 5.82 Å². The van der Waals surface area contributed by atoms with Gasteiger partial charge in [0.05, 0.1) is 11.0 Å². The van der Waals surface area contributed by atoms with E-state index >= 15 is 0 Å². The number of aliphatic hydroxyl groups excluding tert-OH is 1. The topological polar surface area (TPSA) is 122 Å². The summed E-state index contributed by atoms with van der Waals surface area (Å²) in [5.41, 5.74) is 0.119. The number of nitro groups is 1. The molecule has 0 aliphatic carbocycles. The van der Waals surface area contributed by atoms with E-state index < -0.39 is 23.0 Å². The minimum absolute atomic E-state index is 0.0408. The molecule has 1 fully saturated rings. The van der Waals surface area contributed by atoms with E-state index in [0.29, 0.717) is 12.1 Å². The summed E-state index contributed by atoms with van der Waals surface area (Å²) in [6.07, 6.45) is -0.409. The highest BCUT2D eigenvalue weighted by molar-refractivity contribution is 5.80. The van der Waals surface area contributed by atoms with Gasteiger partial charge in [0.15, 0.2) is 0 Å². The summed E-state index contributed by atoms with van der Waals surface area (Å²) in [6, 6.07) is -0.983. The number of rotatable bonds is 4. The number of aryl methyl sites for hydroxylation is 2. The highest BCUT2D eigenvalue weighted by Gasteiger charge is 2.42. The fourth-order valence-corrected chi connectivity index (χ4v) is 2.59. The number of nitrogens with zero attached hydrogens (tertiary/aromatic N) is 4. The van der Waals surface area contributed by atoms with Crippen molar-refractivity contribution in [1.29, 1.82) is 0 Å². The molecule has 1 aliphatic rings. The second-order valence-electron chi connectivity index (χ2n) is 4.75. The first kappa shape index (κ1) is 14.3. The molecular weight excluding hydrogens is 268 g/mol. The predicted octanol–water partition coefficient (Wildman–Crippen LogP) is -0.0851. The molecular formula is C11H16N4O5. The standard InChI is InChI=1S/C11H16N4O5/c1-3-7-9(15(19)20)10(13(2)12-7)14-5-6(16)4-8(14)11(17)18/h6,8,16H,3-5H2,1-2H3,(H,17,18). The zero-order valence-electron chi connectivity index (χ0n) is 11.2. The van der Waals surface area contributed by atoms with E-state index in [0.717, 1.165) is 0 Å². The summed E-state index contributed by atoms with van der Waals surface area (Å²) in [7, 11) is 1.53. The molecule has 1 saturated heterocycles. The average Bonchev–Trinajstić information content (AvgIpc) is 2.89. The highest BCUT2D eigenvalue weighted by Crippen LogP contribution is 2.36. The minimum atomic E-state index is -1.12. The Bertz CT molecular complexity index is 555. The highest BCUT2D eigenvalue weighted by atomic mass is 16.6. The molecule has 9 heteroatoms. The van der Waals surface area contributed by atoms with Gasteiger partial charge in [-0.1, -0.05) is 6.92 Å². The maximum atomic E-state index is 11.2. The Labute approximate surface area is 114 Å². The van der Waals surface area contributed by atoms with Crippen molar-refractivity contribution < 1.29 is 19.9 Å². The van der Waals surface area contributed by atoms with Crippen LogP contribution in [0.15, 0.2) is 0 Å². The normalized spacial score (nSPS) is 22.2. The third-order valence-electron chi connectivity index (χ3n) is 3.42. The molecule has 0 bridgehead atoms. The van der Waals surface area contributed by atoms with E-state index in [4.69, 9.17) is 0 Å². The van der Waals surface area contributed by atoms with Crippen LogP contribution in [0.3, 0.4) is 0 Å². The van der Waals surface area contributed by atoms with Gasteiger partial charge >= 0.3 is 11.7 Å². The Balaban J connectivity index is 2.54. The first-order chi connectivity index (χ1) is 9.36. The van der Waals surface area contributed by atoms with Gasteiger partial charge in [-0.05, 0) is 6.42 Å². The largest absolute Gasteiger partial charge is 0.480 e. The number of carbonyl (C=O) groups is 1. The third kappa shape index (κ3) is 2.20. The maximum Gasteiger partial charge on any atom is 0.334 e. The Morgan fingerprint density at radius 1 is 1.60 bits per heavy atom. The van der Waals surface area contributed by atoms with Crippen LogP contribution < -0.4 is 4.90 Å². The summed E-state index contributed by atoms with van der Waals surface area (Å²) in [5, 5.41) is 34.2. The van der Waals surface area contributed by atoms with Crippen molar-refractivity contribution in [3.63, 3.8) is 0 Å². The van der Waals surface area contributed by atoms with Crippen molar-refractivity contribution in [1.82, 2.24) is 9.78 Å². The zero-order valence-corrected chi connectivity index (χ0v) is 11.2. The molecule has 2 heterocycles. The molecule has 110 valence electrons. The number of β-amino-alcohol motifs (C(OH)–C–C–N with tert-alkyl or cyclic N) is 1. The van der Waals surface area contributed by atoms with Crippen molar-refractivity contribution in [3.05, 3.63) is 15.8 Å². The zero-order chi connectivity index (χ0) is 15.0. The molecule has 2 atom stereocenters. The van der Waals surface area contributed by atoms with Crippen molar-refractivity contribution in [3.8, 4) is 0 Å². The summed E-state index contributed by atoms with van der Waals surface area (Å²) < 4.78 is 1.31. The average molecular weight is 284 g/mol. The first-order valence-electron chi connectivity index (χ1n) is 6.24. The summed E-state index contributed by atoms with van der Waals surface area (Å²) in [4.78, 5) is 23.3. The lowest BCUT2D eigenvalue weighted by molar-refractivity contribution is -0.384. The summed E-state index contributed by atoms with van der Waals surface area (Å²) >= 11 is 0. The fraction of sp³-hybridized carbons (Fsp3) is 0.636. The molecule has 0 aromatic carbocycles. The number of carboxylic acid groups (broad SMARTS) is 1. The number of aliphatic hydroxyl groups is 1. The van der Waals surface area contributed by atoms with Crippen LogP contribution in [-0.4, -0.2) is 49.6 Å². The van der Waals surface area contributed by atoms with Crippen LogP contribution in [-0.2, 0) is 18.3 Å². The number of aliphatic carboxylic acids is 1. The van der Waals surface area contributed by atoms with Crippen molar-refractivity contribution in [2.24, 2.45) is 7.05 Å². The van der Waals surface area contributed by atoms with Crippen LogP contribution in [0.25, 0.3) is 0 Å². The van der Waals surface area contributed by atoms with Crippen LogP contribution >= 0.6 is 0 Å². The van der Waals surface area contributed by atoms with Crippen LogP contribution in [0.5, 0.6) is 0 Å². The second kappa shape index (κ2) is 5.08. The Morgan fingerprint density at radius 2 is 2.25 bits per heavy atom. The van der Waals surface area contributed by atoms with Crippen LogP contribution in [0.4, 0.5) is 11.5 Å². The first-order valence-corrected chi connectivity index (χ1v) is 6.24. The molecule has 2 N–H and O–H groups in total. The van der Waals surface area contributed by atoms with E-state index in [1.165, 1.54) is 16.6 Å². The van der Waals surface area contributed by atoms with Gasteiger partial charge in [-0.3, -0.25) is 10.1 Å². The number of hydrogen-bond acceptors (Lipinski definition) is 6. The fourth-order valence-electron chi connectivity index (χ4n) is 2.59. The van der Waals surface area contributed by atoms with Gasteiger partial charge in [0.1, 0.15) is 11.7 Å². The van der Waals surface area contributed by atoms with Crippen molar-refractivity contribution in [2.45, 2.75) is 31.9 Å².